The Bertz CT molecular complexity index is 1710. The van der Waals surface area contributed by atoms with Crippen LogP contribution in [0, 0.1) is 5.82 Å². The van der Waals surface area contributed by atoms with Gasteiger partial charge in [0.25, 0.3) is 0 Å². The number of hydrogen-bond donors (Lipinski definition) is 2. The molecule has 4 aromatic rings. The number of carbonyl (C=O) groups is 3. The molecule has 0 fully saturated rings. The standard InChI is InChI=1S/C41H48FN5O3/c1-41(2,43-3)24-9-12-38(48)46(4)37(29-31-13-17-34(18-14-31)33-10-7-6-8-11-33)40(50)47(5)36(28-32-15-19-35(42)20-16-32)39(49)45-27-23-30-21-25-44-26-22-30/h6-22,25-26,36-37,43H,23-24,27-29H2,1-5H3,(H,45,49)/b12-9+/t36-,37-/m1/s1. The van der Waals surface area contributed by atoms with Crippen LogP contribution in [-0.4, -0.2) is 77.8 Å². The van der Waals surface area contributed by atoms with Gasteiger partial charge in [0.05, 0.1) is 0 Å². The van der Waals surface area contributed by atoms with E-state index in [1.54, 1.807) is 38.6 Å². The van der Waals surface area contributed by atoms with E-state index in [0.717, 1.165) is 22.3 Å². The van der Waals surface area contributed by atoms with Gasteiger partial charge in [0.15, 0.2) is 0 Å². The molecule has 0 radical (unpaired) electrons. The molecule has 3 aromatic carbocycles. The van der Waals surface area contributed by atoms with Crippen molar-refractivity contribution in [3.63, 3.8) is 0 Å². The minimum Gasteiger partial charge on any atom is -0.354 e. The molecule has 0 saturated carbocycles. The summed E-state index contributed by atoms with van der Waals surface area (Å²) in [4.78, 5) is 48.7. The van der Waals surface area contributed by atoms with Crippen LogP contribution >= 0.6 is 0 Å². The fourth-order valence-corrected chi connectivity index (χ4v) is 5.54. The summed E-state index contributed by atoms with van der Waals surface area (Å²) in [6, 6.07) is 25.8. The molecule has 4 rings (SSSR count). The summed E-state index contributed by atoms with van der Waals surface area (Å²) in [6.07, 6.45) is 8.31. The van der Waals surface area contributed by atoms with Crippen LogP contribution in [0.15, 0.2) is 116 Å². The lowest BCUT2D eigenvalue weighted by molar-refractivity contribution is -0.146. The Labute approximate surface area is 295 Å². The van der Waals surface area contributed by atoms with Gasteiger partial charge >= 0.3 is 0 Å². The predicted octanol–water partition coefficient (Wildman–Crippen LogP) is 5.63. The quantitative estimate of drug-likeness (QED) is 0.150. The zero-order valence-corrected chi connectivity index (χ0v) is 29.6. The lowest BCUT2D eigenvalue weighted by Gasteiger charge is -2.34. The van der Waals surface area contributed by atoms with E-state index in [-0.39, 0.29) is 41.9 Å². The van der Waals surface area contributed by atoms with E-state index in [4.69, 9.17) is 0 Å². The van der Waals surface area contributed by atoms with Crippen LogP contribution in [0.1, 0.15) is 37.0 Å². The van der Waals surface area contributed by atoms with E-state index in [1.165, 1.54) is 28.0 Å². The minimum atomic E-state index is -0.913. The van der Waals surface area contributed by atoms with Crippen LogP contribution in [0.25, 0.3) is 11.1 Å². The summed E-state index contributed by atoms with van der Waals surface area (Å²) in [5.74, 6) is -1.43. The zero-order valence-electron chi connectivity index (χ0n) is 29.6. The highest BCUT2D eigenvalue weighted by Gasteiger charge is 2.35. The van der Waals surface area contributed by atoms with E-state index < -0.39 is 12.1 Å². The molecule has 0 spiro atoms. The van der Waals surface area contributed by atoms with Crippen molar-refractivity contribution in [2.24, 2.45) is 0 Å². The predicted molar refractivity (Wildman–Crippen MR) is 197 cm³/mol. The Hall–Kier alpha value is -5.15. The first kappa shape index (κ1) is 37.7. The molecule has 0 aliphatic carbocycles. The van der Waals surface area contributed by atoms with Gasteiger partial charge in [-0.1, -0.05) is 72.8 Å². The van der Waals surface area contributed by atoms with E-state index >= 15 is 0 Å². The Morgan fingerprint density at radius 1 is 0.780 bits per heavy atom. The fourth-order valence-electron chi connectivity index (χ4n) is 5.54. The molecule has 0 unspecified atom stereocenters. The first-order valence-corrected chi connectivity index (χ1v) is 16.9. The second-order valence-corrected chi connectivity index (χ2v) is 13.2. The number of likely N-dealkylation sites (N-methyl/N-ethyl adjacent to an activating group) is 2. The van der Waals surface area contributed by atoms with Crippen LogP contribution < -0.4 is 10.6 Å². The number of nitrogens with one attached hydrogen (secondary N) is 2. The normalized spacial score (nSPS) is 12.7. The molecular weight excluding hydrogens is 629 g/mol. The molecule has 9 heteroatoms. The number of halogens is 1. The summed E-state index contributed by atoms with van der Waals surface area (Å²) in [5.41, 5.74) is 4.50. The number of pyridine rings is 1. The van der Waals surface area contributed by atoms with Gasteiger partial charge < -0.3 is 20.4 Å². The van der Waals surface area contributed by atoms with Gasteiger partial charge in [-0.15, -0.1) is 0 Å². The van der Waals surface area contributed by atoms with Gasteiger partial charge in [0.2, 0.25) is 17.7 Å². The molecular formula is C41H48FN5O3. The maximum absolute atomic E-state index is 14.5. The van der Waals surface area contributed by atoms with Gasteiger partial charge in [0.1, 0.15) is 17.9 Å². The SMILES string of the molecule is CNC(C)(C)C/C=C/C(=O)N(C)[C@H](Cc1ccc(-c2ccccc2)cc1)C(=O)N(C)[C@H](Cc1ccc(F)cc1)C(=O)NCCc1ccncc1. The van der Waals surface area contributed by atoms with E-state index in [1.807, 2.05) is 93.7 Å². The number of rotatable bonds is 16. The molecule has 0 bridgehead atoms. The van der Waals surface area contributed by atoms with Crippen LogP contribution in [0.3, 0.4) is 0 Å². The highest BCUT2D eigenvalue weighted by Crippen LogP contribution is 2.22. The largest absolute Gasteiger partial charge is 0.354 e. The average molecular weight is 678 g/mol. The Morgan fingerprint density at radius 3 is 1.98 bits per heavy atom. The lowest BCUT2D eigenvalue weighted by atomic mass is 9.98. The monoisotopic (exact) mass is 677 g/mol. The van der Waals surface area contributed by atoms with Crippen molar-refractivity contribution in [2.75, 3.05) is 27.7 Å². The maximum atomic E-state index is 14.5. The highest BCUT2D eigenvalue weighted by atomic mass is 19.1. The average Bonchev–Trinajstić information content (AvgIpc) is 3.13. The number of nitrogens with zero attached hydrogens (tertiary/aromatic N) is 3. The lowest BCUT2D eigenvalue weighted by Crippen LogP contribution is -2.56. The van der Waals surface area contributed by atoms with Gasteiger partial charge in [-0.2, -0.15) is 0 Å². The second kappa shape index (κ2) is 18.0. The third kappa shape index (κ3) is 10.9. The Kier molecular flexibility index (Phi) is 13.6. The van der Waals surface area contributed by atoms with Crippen molar-refractivity contribution in [1.82, 2.24) is 25.4 Å². The van der Waals surface area contributed by atoms with E-state index in [2.05, 4.69) is 15.6 Å². The molecule has 262 valence electrons. The van der Waals surface area contributed by atoms with Crippen molar-refractivity contribution >= 4 is 17.7 Å². The van der Waals surface area contributed by atoms with Gasteiger partial charge in [-0.3, -0.25) is 19.4 Å². The molecule has 50 heavy (non-hydrogen) atoms. The van der Waals surface area contributed by atoms with Crippen LogP contribution in [0.5, 0.6) is 0 Å². The number of benzene rings is 3. The number of carbonyl (C=O) groups excluding carboxylic acids is 3. The van der Waals surface area contributed by atoms with Crippen molar-refractivity contribution in [1.29, 1.82) is 0 Å². The molecule has 0 saturated heterocycles. The maximum Gasteiger partial charge on any atom is 0.246 e. The van der Waals surface area contributed by atoms with E-state index in [9.17, 15) is 18.8 Å². The van der Waals surface area contributed by atoms with Crippen LogP contribution in [0.4, 0.5) is 4.39 Å². The topological polar surface area (TPSA) is 94.6 Å². The summed E-state index contributed by atoms with van der Waals surface area (Å²) in [5, 5.41) is 6.20. The van der Waals surface area contributed by atoms with Crippen LogP contribution in [-0.2, 0) is 33.6 Å². The van der Waals surface area contributed by atoms with Gasteiger partial charge in [0, 0.05) is 51.4 Å². The molecule has 2 N–H and O–H groups in total. The molecule has 3 amide bonds. The van der Waals surface area contributed by atoms with Crippen molar-refractivity contribution in [2.45, 2.75) is 57.2 Å². The Balaban J connectivity index is 1.60. The summed E-state index contributed by atoms with van der Waals surface area (Å²) in [6.45, 7) is 4.43. The highest BCUT2D eigenvalue weighted by molar-refractivity contribution is 5.95. The van der Waals surface area contributed by atoms with Gasteiger partial charge in [-0.05, 0) is 91.9 Å². The minimum absolute atomic E-state index is 0.165. The van der Waals surface area contributed by atoms with E-state index in [0.29, 0.717) is 24.9 Å². The van der Waals surface area contributed by atoms with Crippen LogP contribution in [0.2, 0.25) is 0 Å². The molecule has 0 aliphatic heterocycles. The summed E-state index contributed by atoms with van der Waals surface area (Å²) >= 11 is 0. The number of hydrogen-bond acceptors (Lipinski definition) is 5. The third-order valence-corrected chi connectivity index (χ3v) is 9.08. The summed E-state index contributed by atoms with van der Waals surface area (Å²) < 4.78 is 13.8. The van der Waals surface area contributed by atoms with Crippen molar-refractivity contribution in [3.8, 4) is 11.1 Å². The van der Waals surface area contributed by atoms with Crippen molar-refractivity contribution in [3.05, 3.63) is 138 Å². The summed E-state index contributed by atoms with van der Waals surface area (Å²) in [7, 11) is 5.08. The number of aromatic nitrogens is 1. The van der Waals surface area contributed by atoms with Crippen molar-refractivity contribution < 1.29 is 18.8 Å². The fraction of sp³-hybridized carbons (Fsp3) is 0.317. The number of amides is 3. The molecule has 1 heterocycles. The first-order valence-electron chi connectivity index (χ1n) is 16.9. The zero-order chi connectivity index (χ0) is 36.1. The molecule has 8 nitrogen and oxygen atoms in total. The third-order valence-electron chi connectivity index (χ3n) is 9.08. The molecule has 2 atom stereocenters. The molecule has 0 aliphatic rings. The van der Waals surface area contributed by atoms with Gasteiger partial charge in [-0.25, -0.2) is 4.39 Å². The first-order chi connectivity index (χ1) is 24.0. The smallest absolute Gasteiger partial charge is 0.246 e. The Morgan fingerprint density at radius 2 is 1.36 bits per heavy atom. The second-order valence-electron chi connectivity index (χ2n) is 13.2. The molecule has 1 aromatic heterocycles.